The van der Waals surface area contributed by atoms with Crippen molar-refractivity contribution < 1.29 is 32.6 Å². The van der Waals surface area contributed by atoms with Gasteiger partial charge in [0.05, 0.1) is 19.8 Å². The van der Waals surface area contributed by atoms with Gasteiger partial charge in [-0.1, -0.05) is 37.3 Å². The summed E-state index contributed by atoms with van der Waals surface area (Å²) in [5.41, 5.74) is 4.86. The number of ether oxygens (including phenoxy) is 2. The number of halogens is 2. The molecule has 174 valence electrons. The summed E-state index contributed by atoms with van der Waals surface area (Å²) >= 11 is 0. The van der Waals surface area contributed by atoms with Crippen LogP contribution in [-0.2, 0) is 19.1 Å². The second-order valence-electron chi connectivity index (χ2n) is 8.13. The zero-order valence-electron chi connectivity index (χ0n) is 18.2. The molecule has 0 saturated carbocycles. The quantitative estimate of drug-likeness (QED) is 0.673. The number of rotatable bonds is 6. The van der Waals surface area contributed by atoms with E-state index in [4.69, 9.17) is 0 Å². The topological polar surface area (TPSA) is 84.9 Å². The Labute approximate surface area is 189 Å². The van der Waals surface area contributed by atoms with E-state index in [2.05, 4.69) is 33.8 Å². The van der Waals surface area contributed by atoms with Crippen molar-refractivity contribution in [3.8, 4) is 11.1 Å². The number of amides is 2. The Morgan fingerprint density at radius 1 is 1.12 bits per heavy atom. The summed E-state index contributed by atoms with van der Waals surface area (Å²) in [5, 5.41) is 2.56. The standard InChI is InChI=1S/C24H24F2N2O5/c1-13-16-5-3-4-6-17(16)18-8-7-14(9-19(13)18)22(30)27-11-21(29)28-12-15(33-24(25)26)10-20(28)23(31)32-2/h3-9,13,15,20,24H,10-12H2,1-2H3,(H,27,30)/t13?,15-,20?/m1/s1. The number of nitrogens with zero attached hydrogens (tertiary/aromatic N) is 1. The van der Waals surface area contributed by atoms with E-state index in [0.29, 0.717) is 5.56 Å². The summed E-state index contributed by atoms with van der Waals surface area (Å²) < 4.78 is 34.3. The number of hydrogen-bond acceptors (Lipinski definition) is 5. The molecule has 0 bridgehead atoms. The number of hydrogen-bond donors (Lipinski definition) is 1. The van der Waals surface area contributed by atoms with Gasteiger partial charge in [0.15, 0.2) is 0 Å². The first-order valence-electron chi connectivity index (χ1n) is 10.6. The van der Waals surface area contributed by atoms with Crippen LogP contribution in [0.25, 0.3) is 11.1 Å². The van der Waals surface area contributed by atoms with Crippen LogP contribution in [-0.4, -0.2) is 61.6 Å². The molecule has 2 amide bonds. The van der Waals surface area contributed by atoms with Crippen LogP contribution < -0.4 is 5.32 Å². The zero-order valence-corrected chi connectivity index (χ0v) is 18.2. The average molecular weight is 458 g/mol. The third-order valence-electron chi connectivity index (χ3n) is 6.25. The molecule has 2 aliphatic rings. The Morgan fingerprint density at radius 2 is 1.85 bits per heavy atom. The van der Waals surface area contributed by atoms with Gasteiger partial charge in [-0.15, -0.1) is 0 Å². The minimum absolute atomic E-state index is 0.0973. The number of benzene rings is 2. The Morgan fingerprint density at radius 3 is 2.58 bits per heavy atom. The molecule has 1 saturated heterocycles. The molecule has 1 N–H and O–H groups in total. The lowest BCUT2D eigenvalue weighted by Crippen LogP contribution is -2.46. The summed E-state index contributed by atoms with van der Waals surface area (Å²) in [6.07, 6.45) is -1.09. The van der Waals surface area contributed by atoms with E-state index in [1.807, 2.05) is 24.3 Å². The number of esters is 1. The molecule has 2 unspecified atom stereocenters. The van der Waals surface area contributed by atoms with Crippen molar-refractivity contribution in [1.82, 2.24) is 10.2 Å². The van der Waals surface area contributed by atoms with Crippen molar-refractivity contribution in [3.63, 3.8) is 0 Å². The molecule has 0 spiro atoms. The van der Waals surface area contributed by atoms with E-state index in [9.17, 15) is 23.2 Å². The van der Waals surface area contributed by atoms with Crippen molar-refractivity contribution in [3.05, 3.63) is 59.2 Å². The summed E-state index contributed by atoms with van der Waals surface area (Å²) in [4.78, 5) is 38.5. The maximum Gasteiger partial charge on any atom is 0.345 e. The Hall–Kier alpha value is -3.33. The Kier molecular flexibility index (Phi) is 6.42. The fourth-order valence-corrected chi connectivity index (χ4v) is 4.63. The molecule has 0 radical (unpaired) electrons. The monoisotopic (exact) mass is 458 g/mol. The van der Waals surface area contributed by atoms with E-state index in [-0.39, 0.29) is 25.4 Å². The molecule has 9 heteroatoms. The number of carbonyl (C=O) groups is 3. The predicted molar refractivity (Wildman–Crippen MR) is 115 cm³/mol. The Balaban J connectivity index is 1.42. The summed E-state index contributed by atoms with van der Waals surface area (Å²) in [5.74, 6) is -1.60. The van der Waals surface area contributed by atoms with Crippen molar-refractivity contribution in [2.75, 3.05) is 20.2 Å². The number of alkyl halides is 2. The van der Waals surface area contributed by atoms with Crippen LogP contribution in [0.15, 0.2) is 42.5 Å². The van der Waals surface area contributed by atoms with Crippen molar-refractivity contribution >= 4 is 17.8 Å². The SMILES string of the molecule is COC(=O)C1C[C@@H](OC(F)F)CN1C(=O)CNC(=O)c1ccc2c(c1)C(C)c1ccccc1-2. The number of methoxy groups -OCH3 is 1. The second-order valence-corrected chi connectivity index (χ2v) is 8.13. The third-order valence-corrected chi connectivity index (χ3v) is 6.25. The minimum Gasteiger partial charge on any atom is -0.467 e. The van der Waals surface area contributed by atoms with Gasteiger partial charge in [0.25, 0.3) is 5.91 Å². The molecule has 0 aromatic heterocycles. The Bertz CT molecular complexity index is 1090. The van der Waals surface area contributed by atoms with Gasteiger partial charge in [-0.2, -0.15) is 8.78 Å². The van der Waals surface area contributed by atoms with Crippen LogP contribution in [0.4, 0.5) is 8.78 Å². The molecule has 1 heterocycles. The normalized spacial score (nSPS) is 21.0. The molecule has 2 aromatic rings. The highest BCUT2D eigenvalue weighted by atomic mass is 19.3. The second kappa shape index (κ2) is 9.27. The molecule has 33 heavy (non-hydrogen) atoms. The molecule has 4 rings (SSSR count). The first-order valence-corrected chi connectivity index (χ1v) is 10.6. The molecule has 1 aliphatic carbocycles. The van der Waals surface area contributed by atoms with Crippen LogP contribution in [0, 0.1) is 0 Å². The van der Waals surface area contributed by atoms with E-state index in [1.165, 1.54) is 5.56 Å². The molecule has 2 aromatic carbocycles. The first kappa shape index (κ1) is 22.8. The molecular formula is C24H24F2N2O5. The van der Waals surface area contributed by atoms with Gasteiger partial charge in [-0.3, -0.25) is 9.59 Å². The minimum atomic E-state index is -3.02. The lowest BCUT2D eigenvalue weighted by Gasteiger charge is -2.22. The van der Waals surface area contributed by atoms with E-state index in [0.717, 1.165) is 28.7 Å². The smallest absolute Gasteiger partial charge is 0.345 e. The number of fused-ring (bicyclic) bond motifs is 3. The van der Waals surface area contributed by atoms with Gasteiger partial charge in [0.1, 0.15) is 6.04 Å². The van der Waals surface area contributed by atoms with Gasteiger partial charge in [-0.05, 0) is 34.4 Å². The number of carbonyl (C=O) groups excluding carboxylic acids is 3. The van der Waals surface area contributed by atoms with E-state index >= 15 is 0 Å². The van der Waals surface area contributed by atoms with E-state index < -0.39 is 36.5 Å². The molecule has 1 fully saturated rings. The summed E-state index contributed by atoms with van der Waals surface area (Å²) in [7, 11) is 1.15. The fourth-order valence-electron chi connectivity index (χ4n) is 4.63. The lowest BCUT2D eigenvalue weighted by atomic mass is 9.97. The van der Waals surface area contributed by atoms with Crippen molar-refractivity contribution in [2.45, 2.75) is 38.0 Å². The van der Waals surface area contributed by atoms with Gasteiger partial charge in [-0.25, -0.2) is 4.79 Å². The largest absolute Gasteiger partial charge is 0.467 e. The molecule has 7 nitrogen and oxygen atoms in total. The summed E-state index contributed by atoms with van der Waals surface area (Å²) in [6.45, 7) is -1.52. The van der Waals surface area contributed by atoms with E-state index in [1.54, 1.807) is 6.07 Å². The molecule has 3 atom stereocenters. The molecule has 1 aliphatic heterocycles. The third kappa shape index (κ3) is 4.45. The van der Waals surface area contributed by atoms with Gasteiger partial charge in [0.2, 0.25) is 5.91 Å². The van der Waals surface area contributed by atoms with Crippen LogP contribution in [0.1, 0.15) is 40.7 Å². The maximum absolute atomic E-state index is 12.7. The van der Waals surface area contributed by atoms with Gasteiger partial charge < -0.3 is 19.7 Å². The predicted octanol–water partition coefficient (Wildman–Crippen LogP) is 2.93. The van der Waals surface area contributed by atoms with Gasteiger partial charge in [0, 0.05) is 24.4 Å². The van der Waals surface area contributed by atoms with Crippen molar-refractivity contribution in [2.24, 2.45) is 0 Å². The van der Waals surface area contributed by atoms with Gasteiger partial charge >= 0.3 is 12.6 Å². The highest BCUT2D eigenvalue weighted by molar-refractivity contribution is 5.98. The van der Waals surface area contributed by atoms with Crippen LogP contribution in [0.5, 0.6) is 0 Å². The highest BCUT2D eigenvalue weighted by Crippen LogP contribution is 2.44. The average Bonchev–Trinajstić information content (AvgIpc) is 3.35. The molecular weight excluding hydrogens is 434 g/mol. The fraction of sp³-hybridized carbons (Fsp3) is 0.375. The number of nitrogens with one attached hydrogen (secondary N) is 1. The van der Waals surface area contributed by atoms with Crippen LogP contribution in [0.3, 0.4) is 0 Å². The lowest BCUT2D eigenvalue weighted by molar-refractivity contribution is -0.160. The highest BCUT2D eigenvalue weighted by Gasteiger charge is 2.41. The van der Waals surface area contributed by atoms with Crippen molar-refractivity contribution in [1.29, 1.82) is 0 Å². The maximum atomic E-state index is 12.7. The first-order chi connectivity index (χ1) is 15.8. The zero-order chi connectivity index (χ0) is 23.7. The van der Waals surface area contributed by atoms with Crippen LogP contribution in [0.2, 0.25) is 0 Å². The number of likely N-dealkylation sites (tertiary alicyclic amines) is 1. The summed E-state index contributed by atoms with van der Waals surface area (Å²) in [6, 6.07) is 12.5. The van der Waals surface area contributed by atoms with Crippen LogP contribution >= 0.6 is 0 Å².